The highest BCUT2D eigenvalue weighted by molar-refractivity contribution is 6.06. The van der Waals surface area contributed by atoms with Gasteiger partial charge in [-0.3, -0.25) is 15.5 Å². The van der Waals surface area contributed by atoms with Gasteiger partial charge in [0.2, 0.25) is 0 Å². The van der Waals surface area contributed by atoms with Gasteiger partial charge in [0.25, 0.3) is 5.91 Å². The number of aryl methyl sites for hydroxylation is 2. The van der Waals surface area contributed by atoms with Crippen LogP contribution in [0.2, 0.25) is 0 Å². The van der Waals surface area contributed by atoms with Crippen LogP contribution in [0, 0.1) is 19.3 Å². The molecule has 24 heavy (non-hydrogen) atoms. The van der Waals surface area contributed by atoms with Crippen molar-refractivity contribution in [2.75, 3.05) is 0 Å². The zero-order chi connectivity index (χ0) is 17.9. The summed E-state index contributed by atoms with van der Waals surface area (Å²) in [5.74, 6) is -0.495. The fourth-order valence-corrected chi connectivity index (χ4v) is 2.52. The van der Waals surface area contributed by atoms with Crippen LogP contribution in [0.4, 0.5) is 0 Å². The van der Waals surface area contributed by atoms with E-state index >= 15 is 0 Å². The van der Waals surface area contributed by atoms with Crippen molar-refractivity contribution in [1.29, 1.82) is 5.41 Å². The normalized spacial score (nSPS) is 11.2. The molecule has 2 aromatic rings. The number of guanidine groups is 1. The molecule has 0 aliphatic heterocycles. The topological polar surface area (TPSA) is 99.2 Å². The van der Waals surface area contributed by atoms with Crippen LogP contribution in [0.15, 0.2) is 42.0 Å². The summed E-state index contributed by atoms with van der Waals surface area (Å²) in [5.41, 5.74) is 10.0. The summed E-state index contributed by atoms with van der Waals surface area (Å²) in [7, 11) is 0. The van der Waals surface area contributed by atoms with Crippen molar-refractivity contribution >= 4 is 17.9 Å². The summed E-state index contributed by atoms with van der Waals surface area (Å²) >= 11 is 0. The molecule has 5 nitrogen and oxygen atoms in total. The third-order valence-corrected chi connectivity index (χ3v) is 3.74. The first-order valence-corrected chi connectivity index (χ1v) is 7.53. The molecule has 2 aromatic carbocycles. The first-order chi connectivity index (χ1) is 11.3. The molecule has 0 fully saturated rings. The van der Waals surface area contributed by atoms with Gasteiger partial charge in [-0.2, -0.15) is 0 Å². The van der Waals surface area contributed by atoms with E-state index in [4.69, 9.17) is 11.1 Å². The van der Waals surface area contributed by atoms with Gasteiger partial charge < -0.3 is 10.8 Å². The Kier molecular flexibility index (Phi) is 5.04. The summed E-state index contributed by atoms with van der Waals surface area (Å²) in [4.78, 5) is 11.9. The van der Waals surface area contributed by atoms with Crippen LogP contribution in [-0.4, -0.2) is 17.0 Å². The van der Waals surface area contributed by atoms with Gasteiger partial charge in [-0.15, -0.1) is 0 Å². The van der Waals surface area contributed by atoms with E-state index < -0.39 is 5.91 Å². The van der Waals surface area contributed by atoms with Crippen molar-refractivity contribution < 1.29 is 9.90 Å². The molecule has 0 saturated carbocycles. The molecule has 0 saturated heterocycles. The monoisotopic (exact) mass is 323 g/mol. The second-order valence-electron chi connectivity index (χ2n) is 5.74. The fraction of sp³-hybridized carbons (Fsp3) is 0.158. The molecular weight excluding hydrogens is 302 g/mol. The lowest BCUT2D eigenvalue weighted by Gasteiger charge is -2.11. The summed E-state index contributed by atoms with van der Waals surface area (Å²) in [6.07, 6.45) is 1.76. The first kappa shape index (κ1) is 17.3. The fourth-order valence-electron chi connectivity index (χ4n) is 2.52. The predicted octanol–water partition coefficient (Wildman–Crippen LogP) is 3.09. The lowest BCUT2D eigenvalue weighted by atomic mass is 9.95. The van der Waals surface area contributed by atoms with Gasteiger partial charge >= 0.3 is 0 Å². The number of phenolic OH excluding ortho intramolecular Hbond substituents is 1. The Labute approximate surface area is 141 Å². The SMILES string of the molecule is C/C(=C\c1ccccc1-c1cc(C)c(O)c(C)c1)C(=O)NC(=N)N. The summed E-state index contributed by atoms with van der Waals surface area (Å²) < 4.78 is 0. The minimum atomic E-state index is -0.407. The van der Waals surface area contributed by atoms with Gasteiger partial charge in [-0.05, 0) is 66.8 Å². The number of nitrogens with one attached hydrogen (secondary N) is 2. The zero-order valence-electron chi connectivity index (χ0n) is 14.0. The molecular formula is C19H21N3O2. The summed E-state index contributed by atoms with van der Waals surface area (Å²) in [6, 6.07) is 11.5. The third kappa shape index (κ3) is 3.81. The molecule has 5 N–H and O–H groups in total. The Balaban J connectivity index is 2.49. The van der Waals surface area contributed by atoms with Gasteiger partial charge in [0.1, 0.15) is 5.75 Å². The van der Waals surface area contributed by atoms with Crippen LogP contribution in [0.25, 0.3) is 17.2 Å². The van der Waals surface area contributed by atoms with Crippen LogP contribution in [0.1, 0.15) is 23.6 Å². The molecule has 2 rings (SSSR count). The predicted molar refractivity (Wildman–Crippen MR) is 96.7 cm³/mol. The molecule has 0 heterocycles. The Bertz CT molecular complexity index is 815. The lowest BCUT2D eigenvalue weighted by molar-refractivity contribution is -0.116. The molecule has 0 bridgehead atoms. The Morgan fingerprint density at radius 2 is 1.79 bits per heavy atom. The van der Waals surface area contributed by atoms with Crippen molar-refractivity contribution in [2.45, 2.75) is 20.8 Å². The number of phenols is 1. The highest BCUT2D eigenvalue weighted by Crippen LogP contribution is 2.31. The summed E-state index contributed by atoms with van der Waals surface area (Å²) in [5, 5.41) is 19.4. The molecule has 0 unspecified atom stereocenters. The molecule has 0 spiro atoms. The van der Waals surface area contributed by atoms with Crippen LogP contribution < -0.4 is 11.1 Å². The Morgan fingerprint density at radius 3 is 2.38 bits per heavy atom. The highest BCUT2D eigenvalue weighted by Gasteiger charge is 2.10. The van der Waals surface area contributed by atoms with E-state index in [1.807, 2.05) is 50.2 Å². The molecule has 5 heteroatoms. The number of benzene rings is 2. The van der Waals surface area contributed by atoms with Gasteiger partial charge in [0.05, 0.1) is 0 Å². The second kappa shape index (κ2) is 7.00. The number of hydrogen-bond acceptors (Lipinski definition) is 3. The van der Waals surface area contributed by atoms with E-state index in [1.54, 1.807) is 13.0 Å². The van der Waals surface area contributed by atoms with Gasteiger partial charge in [-0.25, -0.2) is 0 Å². The van der Waals surface area contributed by atoms with Crippen molar-refractivity contribution in [3.8, 4) is 16.9 Å². The van der Waals surface area contributed by atoms with Crippen molar-refractivity contribution in [3.05, 3.63) is 58.7 Å². The van der Waals surface area contributed by atoms with Gasteiger partial charge in [-0.1, -0.05) is 24.3 Å². The van der Waals surface area contributed by atoms with E-state index in [1.165, 1.54) is 0 Å². The molecule has 0 aliphatic rings. The molecule has 0 aromatic heterocycles. The molecule has 0 atom stereocenters. The van der Waals surface area contributed by atoms with Gasteiger partial charge in [0, 0.05) is 5.57 Å². The van der Waals surface area contributed by atoms with Gasteiger partial charge in [0.15, 0.2) is 5.96 Å². The molecule has 0 aliphatic carbocycles. The van der Waals surface area contributed by atoms with Crippen molar-refractivity contribution in [1.82, 2.24) is 5.32 Å². The average molecular weight is 323 g/mol. The van der Waals surface area contributed by atoms with Crippen LogP contribution in [0.5, 0.6) is 5.75 Å². The smallest absolute Gasteiger partial charge is 0.253 e. The second-order valence-corrected chi connectivity index (χ2v) is 5.74. The number of carbonyl (C=O) groups is 1. The van der Waals surface area contributed by atoms with Crippen LogP contribution in [0.3, 0.4) is 0 Å². The lowest BCUT2D eigenvalue weighted by Crippen LogP contribution is -2.36. The van der Waals surface area contributed by atoms with Crippen molar-refractivity contribution in [3.63, 3.8) is 0 Å². The number of hydrogen-bond donors (Lipinski definition) is 4. The minimum absolute atomic E-state index is 0.295. The highest BCUT2D eigenvalue weighted by atomic mass is 16.3. The van der Waals surface area contributed by atoms with Crippen LogP contribution in [-0.2, 0) is 4.79 Å². The van der Waals surface area contributed by atoms with Crippen molar-refractivity contribution in [2.24, 2.45) is 5.73 Å². The third-order valence-electron chi connectivity index (χ3n) is 3.74. The van der Waals surface area contributed by atoms with E-state index in [0.717, 1.165) is 27.8 Å². The van der Waals surface area contributed by atoms with E-state index in [0.29, 0.717) is 11.3 Å². The standard InChI is InChI=1S/C19H21N3O2/c1-11-8-15(9-12(2)17(11)23)16-7-5-4-6-14(16)10-13(3)18(24)22-19(20)21/h4-10,23H,1-3H3,(H4,20,21,22,24)/b13-10+. The maximum absolute atomic E-state index is 11.9. The number of nitrogens with two attached hydrogens (primary N) is 1. The number of aromatic hydroxyl groups is 1. The maximum Gasteiger partial charge on any atom is 0.253 e. The number of amides is 1. The largest absolute Gasteiger partial charge is 0.507 e. The summed E-state index contributed by atoms with van der Waals surface area (Å²) in [6.45, 7) is 5.38. The number of carbonyl (C=O) groups excluding carboxylic acids is 1. The Morgan fingerprint density at radius 1 is 1.21 bits per heavy atom. The van der Waals surface area contributed by atoms with Crippen LogP contribution >= 0.6 is 0 Å². The Hall–Kier alpha value is -3.08. The zero-order valence-corrected chi connectivity index (χ0v) is 14.0. The quantitative estimate of drug-likeness (QED) is 0.397. The molecule has 0 radical (unpaired) electrons. The minimum Gasteiger partial charge on any atom is -0.507 e. The maximum atomic E-state index is 11.9. The number of rotatable bonds is 3. The van der Waals surface area contributed by atoms with E-state index in [-0.39, 0.29) is 5.96 Å². The van der Waals surface area contributed by atoms with E-state index in [2.05, 4.69) is 5.32 Å². The molecule has 124 valence electrons. The first-order valence-electron chi connectivity index (χ1n) is 7.53. The average Bonchev–Trinajstić information content (AvgIpc) is 2.52. The van der Waals surface area contributed by atoms with E-state index in [9.17, 15) is 9.90 Å². The molecule has 1 amide bonds.